The van der Waals surface area contributed by atoms with Crippen molar-refractivity contribution in [2.24, 2.45) is 17.8 Å². The summed E-state index contributed by atoms with van der Waals surface area (Å²) in [4.78, 5) is 72.6. The van der Waals surface area contributed by atoms with Crippen molar-refractivity contribution in [1.29, 1.82) is 0 Å². The lowest BCUT2D eigenvalue weighted by Crippen LogP contribution is -2.30. The van der Waals surface area contributed by atoms with E-state index >= 15 is 0 Å². The number of hydrogen-bond acceptors (Lipinski definition) is 15. The van der Waals surface area contributed by atoms with Crippen LogP contribution in [0.1, 0.15) is 350 Å². The molecule has 0 saturated carbocycles. The molecule has 3 unspecified atom stereocenters. The molecule has 548 valence electrons. The van der Waals surface area contributed by atoms with Crippen molar-refractivity contribution in [1.82, 2.24) is 0 Å². The number of esters is 4. The van der Waals surface area contributed by atoms with Crippen molar-refractivity contribution in [3.63, 3.8) is 0 Å². The monoisotopic (exact) mass is 1360 g/mol. The van der Waals surface area contributed by atoms with Gasteiger partial charge in [0.05, 0.1) is 26.4 Å². The van der Waals surface area contributed by atoms with Crippen molar-refractivity contribution in [3.05, 3.63) is 24.3 Å². The Morgan fingerprint density at radius 2 is 0.581 bits per heavy atom. The third-order valence-electron chi connectivity index (χ3n) is 16.5. The molecule has 0 amide bonds. The van der Waals surface area contributed by atoms with E-state index in [4.69, 9.17) is 37.0 Å². The second-order valence-electron chi connectivity index (χ2n) is 27.4. The summed E-state index contributed by atoms with van der Waals surface area (Å²) in [6, 6.07) is 0. The first-order chi connectivity index (χ1) is 44.7. The number of hydrogen-bond donors (Lipinski definition) is 3. The largest absolute Gasteiger partial charge is 0.472 e. The fourth-order valence-corrected chi connectivity index (χ4v) is 12.3. The van der Waals surface area contributed by atoms with Crippen LogP contribution in [-0.4, -0.2) is 96.7 Å². The van der Waals surface area contributed by atoms with E-state index in [2.05, 4.69) is 72.8 Å². The van der Waals surface area contributed by atoms with E-state index in [-0.39, 0.29) is 25.7 Å². The van der Waals surface area contributed by atoms with E-state index in [1.807, 2.05) is 0 Å². The molecule has 0 aliphatic rings. The average molecular weight is 1360 g/mol. The zero-order valence-corrected chi connectivity index (χ0v) is 62.0. The Morgan fingerprint density at radius 3 is 0.871 bits per heavy atom. The second-order valence-corrected chi connectivity index (χ2v) is 30.3. The van der Waals surface area contributed by atoms with E-state index in [0.29, 0.717) is 37.5 Å². The zero-order chi connectivity index (χ0) is 68.7. The van der Waals surface area contributed by atoms with Gasteiger partial charge >= 0.3 is 39.5 Å². The molecule has 5 atom stereocenters. The van der Waals surface area contributed by atoms with Crippen molar-refractivity contribution in [3.8, 4) is 0 Å². The maximum atomic E-state index is 13.0. The predicted octanol–water partition coefficient (Wildman–Crippen LogP) is 21.0. The molecule has 0 aromatic rings. The Morgan fingerprint density at radius 1 is 0.333 bits per heavy atom. The van der Waals surface area contributed by atoms with Crippen molar-refractivity contribution in [2.75, 3.05) is 39.6 Å². The molecule has 0 bridgehead atoms. The van der Waals surface area contributed by atoms with Crippen LogP contribution in [0.25, 0.3) is 0 Å². The molecule has 17 nitrogen and oxygen atoms in total. The third-order valence-corrected chi connectivity index (χ3v) is 18.4. The summed E-state index contributed by atoms with van der Waals surface area (Å²) in [6.07, 6.45) is 52.5. The van der Waals surface area contributed by atoms with Crippen LogP contribution >= 0.6 is 15.6 Å². The molecule has 0 rings (SSSR count). The minimum Gasteiger partial charge on any atom is -0.462 e. The molecular weight excluding hydrogens is 1220 g/mol. The predicted molar refractivity (Wildman–Crippen MR) is 377 cm³/mol. The summed E-state index contributed by atoms with van der Waals surface area (Å²) in [6.45, 7) is 11.7. The molecule has 0 aliphatic heterocycles. The van der Waals surface area contributed by atoms with Crippen LogP contribution in [0.4, 0.5) is 0 Å². The van der Waals surface area contributed by atoms with Crippen molar-refractivity contribution < 1.29 is 80.2 Å². The van der Waals surface area contributed by atoms with Gasteiger partial charge in [0.15, 0.2) is 12.2 Å². The third kappa shape index (κ3) is 67.9. The molecule has 0 fully saturated rings. The Kier molecular flexibility index (Phi) is 62.5. The maximum Gasteiger partial charge on any atom is 0.472 e. The van der Waals surface area contributed by atoms with Crippen LogP contribution in [0.2, 0.25) is 0 Å². The molecule has 93 heavy (non-hydrogen) atoms. The number of rotatable bonds is 70. The minimum absolute atomic E-state index is 0.0838. The Bertz CT molecular complexity index is 1910. The fourth-order valence-electron chi connectivity index (χ4n) is 10.7. The standard InChI is InChI=1S/C74H140O17P2/c1-8-9-10-11-12-13-14-15-18-23-26-29-34-43-50-57-73(78)90-69(61-85-72(77)56-49-42-35-30-32-39-46-53-66(4)5)63-88-92(80,81)86-59-68(75)60-87-93(82,83)89-64-70(91-74(79)58-51-44-37-36-40-47-54-67(6)7)62-84-71(76)55-48-41-33-28-25-22-20-17-16-19-21-24-27-31-38-45-52-65(2)3/h13-15,18,65-70,75H,8-12,16-17,19-64H2,1-7H3,(H,80,81)(H,82,83)/b14-13-,18-15-/t68?,69-,70-/m1/s1. The maximum absolute atomic E-state index is 13.0. The van der Waals surface area contributed by atoms with Crippen LogP contribution in [0.15, 0.2) is 24.3 Å². The number of aliphatic hydroxyl groups excluding tert-OH is 1. The lowest BCUT2D eigenvalue weighted by atomic mass is 10.0. The smallest absolute Gasteiger partial charge is 0.462 e. The first kappa shape index (κ1) is 90.5. The molecule has 0 aromatic heterocycles. The second kappa shape index (κ2) is 64.2. The number of aliphatic hydroxyl groups is 1. The van der Waals surface area contributed by atoms with Gasteiger partial charge in [-0.3, -0.25) is 37.3 Å². The summed E-state index contributed by atoms with van der Waals surface area (Å²) in [7, 11) is -9.92. The molecule has 19 heteroatoms. The highest BCUT2D eigenvalue weighted by Gasteiger charge is 2.30. The molecule has 3 N–H and O–H groups in total. The number of allylic oxidation sites excluding steroid dienone is 4. The SMILES string of the molecule is CCCCCC/C=C\C=C/CCCCCCCC(=O)O[C@H](COC(=O)CCCCCCCCCC(C)C)COP(=O)(O)OCC(O)COP(=O)(O)OC[C@@H](COC(=O)CCCCCCCCCCCCCCCCCCC(C)C)OC(=O)CCCCCCCCC(C)C. The first-order valence-electron chi connectivity index (χ1n) is 37.7. The van der Waals surface area contributed by atoms with E-state index in [1.165, 1.54) is 141 Å². The summed E-state index contributed by atoms with van der Waals surface area (Å²) in [5, 5.41) is 10.6. The molecular formula is C74H140O17P2. The number of carbonyl (C=O) groups is 4. The number of unbranched alkanes of at least 4 members (excludes halogenated alkanes) is 35. The summed E-state index contributed by atoms with van der Waals surface area (Å²) in [5.41, 5.74) is 0. The van der Waals surface area contributed by atoms with Gasteiger partial charge in [-0.05, 0) is 69.1 Å². The van der Waals surface area contributed by atoms with Crippen LogP contribution in [0.3, 0.4) is 0 Å². The van der Waals surface area contributed by atoms with E-state index in [9.17, 15) is 43.2 Å². The van der Waals surface area contributed by atoms with Crippen LogP contribution < -0.4 is 0 Å². The van der Waals surface area contributed by atoms with Gasteiger partial charge in [-0.25, -0.2) is 9.13 Å². The summed E-state index contributed by atoms with van der Waals surface area (Å²) >= 11 is 0. The van der Waals surface area contributed by atoms with Gasteiger partial charge in [-0.1, -0.05) is 297 Å². The van der Waals surface area contributed by atoms with Crippen LogP contribution in [-0.2, 0) is 65.4 Å². The highest BCUT2D eigenvalue weighted by Crippen LogP contribution is 2.45. The lowest BCUT2D eigenvalue weighted by Gasteiger charge is -2.21. The number of carbonyl (C=O) groups excluding carboxylic acids is 4. The van der Waals surface area contributed by atoms with Gasteiger partial charge in [0.1, 0.15) is 19.3 Å². The fraction of sp³-hybridized carbons (Fsp3) is 0.892. The number of phosphoric ester groups is 2. The van der Waals surface area contributed by atoms with Crippen LogP contribution in [0.5, 0.6) is 0 Å². The molecule has 0 spiro atoms. The Labute approximate surface area is 567 Å². The molecule has 0 aliphatic carbocycles. The van der Waals surface area contributed by atoms with Crippen LogP contribution in [0, 0.1) is 17.8 Å². The summed E-state index contributed by atoms with van der Waals surface area (Å²) in [5.74, 6) is 0.0228. The molecule has 0 saturated heterocycles. The number of ether oxygens (including phenoxy) is 4. The molecule has 0 radical (unpaired) electrons. The minimum atomic E-state index is -4.96. The summed E-state index contributed by atoms with van der Waals surface area (Å²) < 4.78 is 68.3. The molecule has 0 aromatic carbocycles. The van der Waals surface area contributed by atoms with Crippen molar-refractivity contribution >= 4 is 39.5 Å². The Hall–Kier alpha value is -2.46. The lowest BCUT2D eigenvalue weighted by molar-refractivity contribution is -0.161. The van der Waals surface area contributed by atoms with E-state index in [1.54, 1.807) is 0 Å². The van der Waals surface area contributed by atoms with Crippen molar-refractivity contribution in [2.45, 2.75) is 369 Å². The highest BCUT2D eigenvalue weighted by molar-refractivity contribution is 7.47. The highest BCUT2D eigenvalue weighted by atomic mass is 31.2. The average Bonchev–Trinajstić information content (AvgIpc) is 3.20. The van der Waals surface area contributed by atoms with Gasteiger partial charge in [0, 0.05) is 25.7 Å². The quantitative estimate of drug-likeness (QED) is 0.0169. The Balaban J connectivity index is 5.19. The van der Waals surface area contributed by atoms with Gasteiger partial charge in [0.25, 0.3) is 0 Å². The van der Waals surface area contributed by atoms with Gasteiger partial charge in [-0.15, -0.1) is 0 Å². The zero-order valence-electron chi connectivity index (χ0n) is 60.2. The van der Waals surface area contributed by atoms with E-state index < -0.39 is 97.5 Å². The van der Waals surface area contributed by atoms with E-state index in [0.717, 1.165) is 115 Å². The topological polar surface area (TPSA) is 237 Å². The first-order valence-corrected chi connectivity index (χ1v) is 40.7. The van der Waals surface area contributed by atoms with Gasteiger partial charge in [-0.2, -0.15) is 0 Å². The number of phosphoric acid groups is 2. The normalized spacial score (nSPS) is 14.3. The molecule has 0 heterocycles. The van der Waals surface area contributed by atoms with Gasteiger partial charge in [0.2, 0.25) is 0 Å². The van der Waals surface area contributed by atoms with Gasteiger partial charge < -0.3 is 33.8 Å².